The van der Waals surface area contributed by atoms with Crippen molar-refractivity contribution in [1.29, 1.82) is 0 Å². The zero-order chi connectivity index (χ0) is 14.5. The van der Waals surface area contributed by atoms with E-state index in [-0.39, 0.29) is 5.91 Å². The van der Waals surface area contributed by atoms with E-state index in [9.17, 15) is 4.79 Å². The first-order valence-corrected chi connectivity index (χ1v) is 7.99. The summed E-state index contributed by atoms with van der Waals surface area (Å²) in [5.74, 6) is 2.03. The summed E-state index contributed by atoms with van der Waals surface area (Å²) >= 11 is 0. The molecule has 2 aliphatic rings. The third-order valence-corrected chi connectivity index (χ3v) is 4.17. The van der Waals surface area contributed by atoms with Gasteiger partial charge in [0.05, 0.1) is 19.6 Å². The van der Waals surface area contributed by atoms with Crippen LogP contribution in [0.2, 0.25) is 0 Å². The minimum atomic E-state index is 0.219. The van der Waals surface area contributed by atoms with E-state index in [0.717, 1.165) is 56.9 Å². The first-order valence-electron chi connectivity index (χ1n) is 7.99. The Morgan fingerprint density at radius 2 is 2.05 bits per heavy atom. The van der Waals surface area contributed by atoms with Crippen molar-refractivity contribution in [3.63, 3.8) is 0 Å². The molecular formula is C17H23NO3. The largest absolute Gasteiger partial charge is 0.493 e. The van der Waals surface area contributed by atoms with Gasteiger partial charge in [-0.15, -0.1) is 0 Å². The van der Waals surface area contributed by atoms with Crippen LogP contribution in [0, 0.1) is 0 Å². The Kier molecular flexibility index (Phi) is 4.63. The van der Waals surface area contributed by atoms with Crippen molar-refractivity contribution < 1.29 is 14.3 Å². The molecule has 0 unspecified atom stereocenters. The van der Waals surface area contributed by atoms with Crippen molar-refractivity contribution in [1.82, 2.24) is 4.90 Å². The summed E-state index contributed by atoms with van der Waals surface area (Å²) in [6.07, 6.45) is 6.09. The predicted octanol–water partition coefficient (Wildman–Crippen LogP) is 2.79. The molecule has 0 aromatic heterocycles. The van der Waals surface area contributed by atoms with Gasteiger partial charge in [-0.05, 0) is 55.9 Å². The lowest BCUT2D eigenvalue weighted by molar-refractivity contribution is -0.132. The highest BCUT2D eigenvalue weighted by atomic mass is 16.5. The Balaban J connectivity index is 1.47. The monoisotopic (exact) mass is 289 g/mol. The second kappa shape index (κ2) is 6.83. The molecule has 0 bridgehead atoms. The van der Waals surface area contributed by atoms with E-state index in [0.29, 0.717) is 13.0 Å². The molecular weight excluding hydrogens is 266 g/mol. The third kappa shape index (κ3) is 3.69. The summed E-state index contributed by atoms with van der Waals surface area (Å²) in [5, 5.41) is 0. The number of piperidine rings is 1. The maximum absolute atomic E-state index is 12.0. The maximum atomic E-state index is 12.0. The molecule has 2 heterocycles. The molecule has 0 aliphatic carbocycles. The van der Waals surface area contributed by atoms with E-state index in [1.54, 1.807) is 0 Å². The molecule has 21 heavy (non-hydrogen) atoms. The lowest BCUT2D eigenvalue weighted by atomic mass is 10.1. The molecule has 114 valence electrons. The summed E-state index contributed by atoms with van der Waals surface area (Å²) in [5.41, 5.74) is 1.21. The number of rotatable bonds is 4. The van der Waals surface area contributed by atoms with Crippen LogP contribution in [-0.4, -0.2) is 37.1 Å². The van der Waals surface area contributed by atoms with Gasteiger partial charge in [0.1, 0.15) is 11.5 Å². The number of ether oxygens (including phenoxy) is 2. The van der Waals surface area contributed by atoms with Crippen molar-refractivity contribution in [3.8, 4) is 11.5 Å². The molecule has 0 spiro atoms. The molecule has 1 amide bonds. The molecule has 1 saturated heterocycles. The lowest BCUT2D eigenvalue weighted by Gasteiger charge is -2.26. The van der Waals surface area contributed by atoms with Crippen LogP contribution in [0.5, 0.6) is 11.5 Å². The predicted molar refractivity (Wildman–Crippen MR) is 80.8 cm³/mol. The van der Waals surface area contributed by atoms with Gasteiger partial charge in [-0.1, -0.05) is 0 Å². The van der Waals surface area contributed by atoms with E-state index >= 15 is 0 Å². The summed E-state index contributed by atoms with van der Waals surface area (Å²) in [7, 11) is 0. The molecule has 1 fully saturated rings. The SMILES string of the molecule is O=C(CCOc1ccc2c(c1)CCCO2)N1CCCCC1. The fourth-order valence-electron chi connectivity index (χ4n) is 2.98. The van der Waals surface area contributed by atoms with Crippen molar-refractivity contribution in [2.24, 2.45) is 0 Å². The van der Waals surface area contributed by atoms with Crippen molar-refractivity contribution >= 4 is 5.91 Å². The Hall–Kier alpha value is -1.71. The fourth-order valence-corrected chi connectivity index (χ4v) is 2.98. The minimum Gasteiger partial charge on any atom is -0.493 e. The quantitative estimate of drug-likeness (QED) is 0.855. The van der Waals surface area contributed by atoms with Crippen LogP contribution in [-0.2, 0) is 11.2 Å². The molecule has 4 heteroatoms. The Bertz CT molecular complexity index is 495. The highest BCUT2D eigenvalue weighted by Gasteiger charge is 2.16. The van der Waals surface area contributed by atoms with Gasteiger partial charge in [0.25, 0.3) is 0 Å². The highest BCUT2D eigenvalue weighted by Crippen LogP contribution is 2.28. The van der Waals surface area contributed by atoms with Crippen molar-refractivity contribution in [3.05, 3.63) is 23.8 Å². The van der Waals surface area contributed by atoms with Gasteiger partial charge < -0.3 is 14.4 Å². The second-order valence-corrected chi connectivity index (χ2v) is 5.76. The first-order chi connectivity index (χ1) is 10.3. The molecule has 0 atom stereocenters. The summed E-state index contributed by atoms with van der Waals surface area (Å²) in [6, 6.07) is 5.94. The van der Waals surface area contributed by atoms with Gasteiger partial charge in [-0.3, -0.25) is 4.79 Å². The normalized spacial score (nSPS) is 17.8. The molecule has 3 rings (SSSR count). The van der Waals surface area contributed by atoms with Crippen LogP contribution in [0.4, 0.5) is 0 Å². The summed E-state index contributed by atoms with van der Waals surface area (Å²) in [4.78, 5) is 14.0. The number of likely N-dealkylation sites (tertiary alicyclic amines) is 1. The number of benzene rings is 1. The van der Waals surface area contributed by atoms with Gasteiger partial charge >= 0.3 is 0 Å². The molecule has 0 saturated carbocycles. The smallest absolute Gasteiger partial charge is 0.225 e. The molecule has 0 radical (unpaired) electrons. The van der Waals surface area contributed by atoms with Gasteiger partial charge in [0, 0.05) is 13.1 Å². The number of carbonyl (C=O) groups excluding carboxylic acids is 1. The highest BCUT2D eigenvalue weighted by molar-refractivity contribution is 5.76. The topological polar surface area (TPSA) is 38.8 Å². The van der Waals surface area contributed by atoms with Gasteiger partial charge in [-0.2, -0.15) is 0 Å². The minimum absolute atomic E-state index is 0.219. The van der Waals surface area contributed by atoms with Crippen LogP contribution in [0.3, 0.4) is 0 Å². The summed E-state index contributed by atoms with van der Waals surface area (Å²) in [6.45, 7) is 3.08. The molecule has 0 N–H and O–H groups in total. The van der Waals surface area contributed by atoms with Crippen LogP contribution in [0.15, 0.2) is 18.2 Å². The van der Waals surface area contributed by atoms with E-state index in [1.165, 1.54) is 12.0 Å². The maximum Gasteiger partial charge on any atom is 0.225 e. The van der Waals surface area contributed by atoms with Crippen LogP contribution < -0.4 is 9.47 Å². The first kappa shape index (κ1) is 14.2. The number of nitrogens with zero attached hydrogens (tertiary/aromatic N) is 1. The van der Waals surface area contributed by atoms with Gasteiger partial charge in [0.15, 0.2) is 0 Å². The van der Waals surface area contributed by atoms with E-state index in [1.807, 2.05) is 23.1 Å². The van der Waals surface area contributed by atoms with Gasteiger partial charge in [-0.25, -0.2) is 0 Å². The fraction of sp³-hybridized carbons (Fsp3) is 0.588. The molecule has 2 aliphatic heterocycles. The van der Waals surface area contributed by atoms with Crippen LogP contribution in [0.1, 0.15) is 37.7 Å². The Morgan fingerprint density at radius 1 is 1.19 bits per heavy atom. The Morgan fingerprint density at radius 3 is 2.90 bits per heavy atom. The van der Waals surface area contributed by atoms with Crippen LogP contribution in [0.25, 0.3) is 0 Å². The average molecular weight is 289 g/mol. The summed E-state index contributed by atoms with van der Waals surface area (Å²) < 4.78 is 11.3. The van der Waals surface area contributed by atoms with Crippen molar-refractivity contribution in [2.45, 2.75) is 38.5 Å². The number of hydrogen-bond donors (Lipinski definition) is 0. The Labute approximate surface area is 126 Å². The molecule has 1 aromatic rings. The number of aryl methyl sites for hydroxylation is 1. The van der Waals surface area contributed by atoms with Crippen molar-refractivity contribution in [2.75, 3.05) is 26.3 Å². The standard InChI is InChI=1S/C17H23NO3/c19-17(18-9-2-1-3-10-18)8-12-20-15-6-7-16-14(13-15)5-4-11-21-16/h6-7,13H,1-5,8-12H2. The van der Waals surface area contributed by atoms with Gasteiger partial charge in [0.2, 0.25) is 5.91 Å². The molecule has 1 aromatic carbocycles. The number of fused-ring (bicyclic) bond motifs is 1. The number of hydrogen-bond acceptors (Lipinski definition) is 3. The van der Waals surface area contributed by atoms with E-state index in [4.69, 9.17) is 9.47 Å². The number of carbonyl (C=O) groups is 1. The zero-order valence-corrected chi connectivity index (χ0v) is 12.5. The lowest BCUT2D eigenvalue weighted by Crippen LogP contribution is -2.36. The average Bonchev–Trinajstić information content (AvgIpc) is 2.55. The second-order valence-electron chi connectivity index (χ2n) is 5.76. The zero-order valence-electron chi connectivity index (χ0n) is 12.5. The third-order valence-electron chi connectivity index (χ3n) is 4.17. The molecule has 4 nitrogen and oxygen atoms in total. The number of amides is 1. The van der Waals surface area contributed by atoms with E-state index < -0.39 is 0 Å². The van der Waals surface area contributed by atoms with Crippen LogP contribution >= 0.6 is 0 Å². The van der Waals surface area contributed by atoms with E-state index in [2.05, 4.69) is 0 Å².